The monoisotopic (exact) mass is 512 g/mol. The van der Waals surface area contributed by atoms with Gasteiger partial charge in [0.05, 0.1) is 24.2 Å². The minimum atomic E-state index is -0.963. The third-order valence-corrected chi connectivity index (χ3v) is 9.75. The van der Waals surface area contributed by atoms with E-state index in [0.29, 0.717) is 18.6 Å². The lowest BCUT2D eigenvalue weighted by Crippen LogP contribution is -2.78. The van der Waals surface area contributed by atoms with Crippen molar-refractivity contribution in [2.24, 2.45) is 0 Å². The van der Waals surface area contributed by atoms with Crippen molar-refractivity contribution in [1.29, 1.82) is 0 Å². The molecule has 2 fully saturated rings. The first-order valence-corrected chi connectivity index (χ1v) is 13.6. The van der Waals surface area contributed by atoms with Crippen molar-refractivity contribution >= 4 is 5.91 Å². The molecule has 38 heavy (non-hydrogen) atoms. The number of methoxy groups -OCH3 is 1. The maximum absolute atomic E-state index is 13.4. The molecule has 198 valence electrons. The Hall–Kier alpha value is -3.27. The number of likely N-dealkylation sites (tertiary alicyclic amines) is 1. The summed E-state index contributed by atoms with van der Waals surface area (Å²) in [7, 11) is 3.47. The summed E-state index contributed by atoms with van der Waals surface area (Å²) in [5.41, 5.74) is 3.91. The van der Waals surface area contributed by atoms with Crippen LogP contribution in [0.1, 0.15) is 47.1 Å². The van der Waals surface area contributed by atoms with Gasteiger partial charge in [0.2, 0.25) is 0 Å². The highest BCUT2D eigenvalue weighted by Crippen LogP contribution is 2.65. The lowest BCUT2D eigenvalue weighted by molar-refractivity contribution is -0.197. The second-order valence-corrected chi connectivity index (χ2v) is 11.4. The Kier molecular flexibility index (Phi) is 5.86. The number of carbonyl (C=O) groups excluding carboxylic acids is 1. The van der Waals surface area contributed by atoms with Crippen LogP contribution < -0.4 is 9.47 Å². The highest BCUT2D eigenvalue weighted by Gasteiger charge is 2.73. The van der Waals surface area contributed by atoms with Gasteiger partial charge in [-0.1, -0.05) is 24.1 Å². The van der Waals surface area contributed by atoms with Crippen LogP contribution in [-0.4, -0.2) is 71.8 Å². The van der Waals surface area contributed by atoms with Crippen LogP contribution in [-0.2, 0) is 16.6 Å². The number of rotatable bonds is 4. The SMILES string of the molecule is C=CCN1CC[C@]23c4c5ccc(OC)c4O[C@H]2[C@@H](N(C)C(=O)C#Cc2ccc(C)c(C)c2)CC[C@@]3(O)[C@H]1C5. The Bertz CT molecular complexity index is 1390. The van der Waals surface area contributed by atoms with E-state index < -0.39 is 11.0 Å². The van der Waals surface area contributed by atoms with Gasteiger partial charge in [-0.15, -0.1) is 6.58 Å². The van der Waals surface area contributed by atoms with E-state index in [1.807, 2.05) is 44.3 Å². The number of amides is 1. The average Bonchev–Trinajstić information content (AvgIpc) is 3.26. The third-order valence-electron chi connectivity index (χ3n) is 9.75. The van der Waals surface area contributed by atoms with Crippen molar-refractivity contribution in [3.63, 3.8) is 0 Å². The van der Waals surface area contributed by atoms with E-state index >= 15 is 0 Å². The Labute approximate surface area is 225 Å². The summed E-state index contributed by atoms with van der Waals surface area (Å²) in [6.07, 6.45) is 4.28. The number of piperidine rings is 1. The predicted molar refractivity (Wildman–Crippen MR) is 147 cm³/mol. The fraction of sp³-hybridized carbons (Fsp3) is 0.469. The van der Waals surface area contributed by atoms with Crippen LogP contribution >= 0.6 is 0 Å². The van der Waals surface area contributed by atoms with E-state index in [2.05, 4.69) is 36.3 Å². The molecule has 2 aliphatic heterocycles. The molecule has 1 amide bonds. The van der Waals surface area contributed by atoms with Gasteiger partial charge < -0.3 is 19.5 Å². The molecular formula is C32H36N2O4. The standard InChI is InChI=1S/C32H36N2O4/c1-6-16-34-17-15-31-28-23-10-11-25(37-5)29(28)38-30(31)24(13-14-32(31,36)26(34)19-23)33(4)27(35)12-9-22-8-7-20(2)21(3)18-22/h6-8,10-11,18,24,26,30,36H,1,13-17,19H2,2-5H3/t24-,26+,30-,31-,32+/m0/s1. The Morgan fingerprint density at radius 2 is 2.11 bits per heavy atom. The van der Waals surface area contributed by atoms with Crippen molar-refractivity contribution in [3.8, 4) is 23.3 Å². The summed E-state index contributed by atoms with van der Waals surface area (Å²) in [6, 6.07) is 9.85. The lowest BCUT2D eigenvalue weighted by atomic mass is 9.48. The summed E-state index contributed by atoms with van der Waals surface area (Å²) >= 11 is 0. The van der Waals surface area contributed by atoms with Gasteiger partial charge in [0.15, 0.2) is 11.5 Å². The summed E-state index contributed by atoms with van der Waals surface area (Å²) in [5, 5.41) is 12.6. The van der Waals surface area contributed by atoms with E-state index in [4.69, 9.17) is 9.47 Å². The normalized spacial score (nSPS) is 30.4. The molecule has 5 atom stereocenters. The molecule has 0 aromatic heterocycles. The molecule has 1 saturated carbocycles. The van der Waals surface area contributed by atoms with Crippen LogP contribution in [0.25, 0.3) is 0 Å². The molecule has 6 heteroatoms. The second kappa shape index (κ2) is 8.90. The first-order chi connectivity index (χ1) is 18.2. The molecule has 2 aliphatic carbocycles. The Morgan fingerprint density at radius 1 is 1.29 bits per heavy atom. The molecular weight excluding hydrogens is 476 g/mol. The molecule has 1 saturated heterocycles. The minimum absolute atomic E-state index is 0.0290. The lowest BCUT2D eigenvalue weighted by Gasteiger charge is -2.64. The molecule has 0 unspecified atom stereocenters. The smallest absolute Gasteiger partial charge is 0.298 e. The molecule has 1 N–H and O–H groups in total. The highest BCUT2D eigenvalue weighted by atomic mass is 16.5. The number of ether oxygens (including phenoxy) is 2. The zero-order valence-corrected chi connectivity index (χ0v) is 22.7. The number of carbonyl (C=O) groups is 1. The van der Waals surface area contributed by atoms with Crippen LogP contribution in [0.4, 0.5) is 0 Å². The van der Waals surface area contributed by atoms with Crippen LogP contribution in [0.2, 0.25) is 0 Å². The first kappa shape index (κ1) is 25.0. The van der Waals surface area contributed by atoms with Gasteiger partial charge in [-0.3, -0.25) is 9.69 Å². The number of aryl methyl sites for hydroxylation is 2. The second-order valence-electron chi connectivity index (χ2n) is 11.4. The van der Waals surface area contributed by atoms with Crippen molar-refractivity contribution in [1.82, 2.24) is 9.80 Å². The molecule has 6 rings (SSSR count). The Balaban J connectivity index is 1.39. The van der Waals surface area contributed by atoms with Gasteiger partial charge in [0.1, 0.15) is 6.10 Å². The van der Waals surface area contributed by atoms with Crippen LogP contribution in [0, 0.1) is 25.7 Å². The predicted octanol–water partition coefficient (Wildman–Crippen LogP) is 3.53. The van der Waals surface area contributed by atoms with Gasteiger partial charge in [-0.2, -0.15) is 0 Å². The van der Waals surface area contributed by atoms with Gasteiger partial charge in [0, 0.05) is 36.7 Å². The Morgan fingerprint density at radius 3 is 2.84 bits per heavy atom. The van der Waals surface area contributed by atoms with Gasteiger partial charge in [-0.05, 0) is 81.0 Å². The largest absolute Gasteiger partial charge is 0.493 e. The molecule has 0 radical (unpaired) electrons. The number of nitrogens with zero attached hydrogens (tertiary/aromatic N) is 2. The molecule has 6 nitrogen and oxygen atoms in total. The molecule has 2 heterocycles. The molecule has 1 spiro atoms. The van der Waals surface area contributed by atoms with E-state index in [1.54, 1.807) is 12.0 Å². The van der Waals surface area contributed by atoms with E-state index in [1.165, 1.54) is 11.1 Å². The maximum Gasteiger partial charge on any atom is 0.298 e. The van der Waals surface area contributed by atoms with Gasteiger partial charge in [0.25, 0.3) is 5.91 Å². The number of likely N-dealkylation sites (N-methyl/N-ethyl adjacent to an activating group) is 1. The van der Waals surface area contributed by atoms with Crippen molar-refractivity contribution in [2.45, 2.75) is 68.7 Å². The number of benzene rings is 2. The van der Waals surface area contributed by atoms with Crippen LogP contribution in [0.3, 0.4) is 0 Å². The zero-order valence-electron chi connectivity index (χ0n) is 22.7. The number of hydrogen-bond donors (Lipinski definition) is 1. The van der Waals surface area contributed by atoms with Crippen molar-refractivity contribution < 1.29 is 19.4 Å². The summed E-state index contributed by atoms with van der Waals surface area (Å²) < 4.78 is 12.5. The van der Waals surface area contributed by atoms with Crippen LogP contribution in [0.15, 0.2) is 43.0 Å². The van der Waals surface area contributed by atoms with Crippen molar-refractivity contribution in [2.75, 3.05) is 27.2 Å². The average molecular weight is 513 g/mol. The highest BCUT2D eigenvalue weighted by molar-refractivity contribution is 5.94. The molecule has 4 aliphatic rings. The van der Waals surface area contributed by atoms with E-state index in [-0.39, 0.29) is 24.1 Å². The minimum Gasteiger partial charge on any atom is -0.493 e. The van der Waals surface area contributed by atoms with E-state index in [9.17, 15) is 9.90 Å². The van der Waals surface area contributed by atoms with Gasteiger partial charge >= 0.3 is 0 Å². The first-order valence-electron chi connectivity index (χ1n) is 13.6. The maximum atomic E-state index is 13.4. The zero-order chi connectivity index (χ0) is 26.8. The molecule has 2 aromatic rings. The summed E-state index contributed by atoms with van der Waals surface area (Å²) in [4.78, 5) is 17.5. The van der Waals surface area contributed by atoms with E-state index in [0.717, 1.165) is 48.4 Å². The molecule has 2 bridgehead atoms. The fourth-order valence-corrected chi connectivity index (χ4v) is 7.72. The number of hydrogen-bond acceptors (Lipinski definition) is 5. The summed E-state index contributed by atoms with van der Waals surface area (Å²) in [6.45, 7) is 9.65. The van der Waals surface area contributed by atoms with Crippen molar-refractivity contribution in [3.05, 3.63) is 70.8 Å². The van der Waals surface area contributed by atoms with Gasteiger partial charge in [-0.25, -0.2) is 0 Å². The third kappa shape index (κ3) is 3.31. The summed E-state index contributed by atoms with van der Waals surface area (Å²) in [5.74, 6) is 7.10. The fourth-order valence-electron chi connectivity index (χ4n) is 7.72. The number of aliphatic hydroxyl groups is 1. The quantitative estimate of drug-likeness (QED) is 0.502. The topological polar surface area (TPSA) is 62.2 Å². The van der Waals surface area contributed by atoms with Crippen LogP contribution in [0.5, 0.6) is 11.5 Å². The molecule has 2 aromatic carbocycles.